The maximum absolute atomic E-state index is 13.2. The van der Waals surface area contributed by atoms with E-state index in [-0.39, 0.29) is 11.8 Å². The standard InChI is InChI=1S/C18H28N2O3S/c1-6-19-18(21)16-7-9-20(10-8-16)24(22,23)17-14(4)12(2)11-13(3)15(17)5/h11,16H,6-10H2,1-5H3,(H,19,21). The monoisotopic (exact) mass is 352 g/mol. The molecular formula is C18H28N2O3S. The first-order valence-corrected chi connectivity index (χ1v) is 9.99. The first-order chi connectivity index (χ1) is 11.2. The number of hydrogen-bond acceptors (Lipinski definition) is 3. The molecule has 1 aromatic rings. The minimum Gasteiger partial charge on any atom is -0.356 e. The summed E-state index contributed by atoms with van der Waals surface area (Å²) in [5, 5.41) is 2.83. The molecule has 134 valence electrons. The summed E-state index contributed by atoms with van der Waals surface area (Å²) in [6.07, 6.45) is 1.15. The molecule has 0 spiro atoms. The molecule has 0 atom stereocenters. The molecule has 6 heteroatoms. The molecule has 1 heterocycles. The van der Waals surface area contributed by atoms with Crippen LogP contribution in [0.1, 0.15) is 42.0 Å². The van der Waals surface area contributed by atoms with Gasteiger partial charge >= 0.3 is 0 Å². The van der Waals surface area contributed by atoms with Crippen molar-refractivity contribution in [2.45, 2.75) is 52.4 Å². The van der Waals surface area contributed by atoms with Gasteiger partial charge in [-0.2, -0.15) is 4.31 Å². The van der Waals surface area contributed by atoms with E-state index in [0.29, 0.717) is 37.4 Å². The van der Waals surface area contributed by atoms with Gasteiger partial charge in [0.25, 0.3) is 0 Å². The Hall–Kier alpha value is -1.40. The summed E-state index contributed by atoms with van der Waals surface area (Å²) in [4.78, 5) is 12.4. The molecule has 0 aromatic heterocycles. The van der Waals surface area contributed by atoms with Crippen LogP contribution in [0.4, 0.5) is 0 Å². The molecule has 2 rings (SSSR count). The van der Waals surface area contributed by atoms with Crippen molar-refractivity contribution in [3.8, 4) is 0 Å². The van der Waals surface area contributed by atoms with Crippen LogP contribution in [0.5, 0.6) is 0 Å². The zero-order valence-electron chi connectivity index (χ0n) is 15.3. The van der Waals surface area contributed by atoms with Crippen molar-refractivity contribution in [1.29, 1.82) is 0 Å². The molecule has 0 unspecified atom stereocenters. The van der Waals surface area contributed by atoms with Crippen LogP contribution in [0, 0.1) is 33.6 Å². The predicted molar refractivity (Wildman–Crippen MR) is 95.6 cm³/mol. The Bertz CT molecular complexity index is 707. The van der Waals surface area contributed by atoms with Crippen LogP contribution in [0.15, 0.2) is 11.0 Å². The minimum absolute atomic E-state index is 0.0355. The molecule has 5 nitrogen and oxygen atoms in total. The Morgan fingerprint density at radius 3 is 2.08 bits per heavy atom. The largest absolute Gasteiger partial charge is 0.356 e. The van der Waals surface area contributed by atoms with Gasteiger partial charge in [0.2, 0.25) is 15.9 Å². The maximum Gasteiger partial charge on any atom is 0.243 e. The van der Waals surface area contributed by atoms with Gasteiger partial charge in [0.05, 0.1) is 4.90 Å². The van der Waals surface area contributed by atoms with Crippen molar-refractivity contribution >= 4 is 15.9 Å². The first-order valence-electron chi connectivity index (χ1n) is 8.55. The van der Waals surface area contributed by atoms with Gasteiger partial charge in [-0.1, -0.05) is 6.07 Å². The minimum atomic E-state index is -3.53. The second kappa shape index (κ2) is 7.23. The molecule has 24 heavy (non-hydrogen) atoms. The lowest BCUT2D eigenvalue weighted by atomic mass is 9.97. The van der Waals surface area contributed by atoms with Gasteiger partial charge in [-0.15, -0.1) is 0 Å². The van der Waals surface area contributed by atoms with Crippen molar-refractivity contribution in [2.75, 3.05) is 19.6 Å². The molecule has 1 aromatic carbocycles. The number of nitrogens with zero attached hydrogens (tertiary/aromatic N) is 1. The molecule has 0 saturated carbocycles. The highest BCUT2D eigenvalue weighted by Crippen LogP contribution is 2.31. The summed E-state index contributed by atoms with van der Waals surface area (Å²) in [7, 11) is -3.53. The number of nitrogens with one attached hydrogen (secondary N) is 1. The summed E-state index contributed by atoms with van der Waals surface area (Å²) in [5.74, 6) is -0.0499. The number of sulfonamides is 1. The van der Waals surface area contributed by atoms with Gasteiger partial charge in [0.1, 0.15) is 0 Å². The zero-order chi connectivity index (χ0) is 18.1. The summed E-state index contributed by atoms with van der Waals surface area (Å²) in [5.41, 5.74) is 3.63. The van der Waals surface area contributed by atoms with E-state index >= 15 is 0 Å². The third-order valence-electron chi connectivity index (χ3n) is 5.07. The maximum atomic E-state index is 13.2. The lowest BCUT2D eigenvalue weighted by Gasteiger charge is -2.31. The smallest absolute Gasteiger partial charge is 0.243 e. The van der Waals surface area contributed by atoms with E-state index in [0.717, 1.165) is 22.3 Å². The SMILES string of the molecule is CCNC(=O)C1CCN(S(=O)(=O)c2c(C)c(C)cc(C)c2C)CC1. The Morgan fingerprint density at radius 1 is 1.12 bits per heavy atom. The highest BCUT2D eigenvalue weighted by molar-refractivity contribution is 7.89. The number of hydrogen-bond donors (Lipinski definition) is 1. The van der Waals surface area contributed by atoms with Crippen molar-refractivity contribution in [3.63, 3.8) is 0 Å². The van der Waals surface area contributed by atoms with E-state index in [1.54, 1.807) is 0 Å². The molecule has 1 fully saturated rings. The van der Waals surface area contributed by atoms with E-state index in [4.69, 9.17) is 0 Å². The molecular weight excluding hydrogens is 324 g/mol. The molecule has 0 radical (unpaired) electrons. The number of carbonyl (C=O) groups is 1. The molecule has 0 aliphatic carbocycles. The second-order valence-electron chi connectivity index (χ2n) is 6.66. The number of aryl methyl sites for hydroxylation is 2. The van der Waals surface area contributed by atoms with Crippen LogP contribution < -0.4 is 5.32 Å². The topological polar surface area (TPSA) is 66.5 Å². The first kappa shape index (κ1) is 18.9. The number of benzene rings is 1. The third kappa shape index (κ3) is 3.49. The van der Waals surface area contributed by atoms with Crippen molar-refractivity contribution < 1.29 is 13.2 Å². The van der Waals surface area contributed by atoms with Gasteiger partial charge in [0, 0.05) is 25.6 Å². The number of carbonyl (C=O) groups excluding carboxylic acids is 1. The highest BCUT2D eigenvalue weighted by atomic mass is 32.2. The summed E-state index contributed by atoms with van der Waals surface area (Å²) in [6.45, 7) is 10.9. The van der Waals surface area contributed by atoms with Gasteiger partial charge in [-0.3, -0.25) is 4.79 Å². The molecule has 1 saturated heterocycles. The lowest BCUT2D eigenvalue weighted by Crippen LogP contribution is -2.43. The fourth-order valence-electron chi connectivity index (χ4n) is 3.37. The van der Waals surface area contributed by atoms with Crippen molar-refractivity contribution in [2.24, 2.45) is 5.92 Å². The van der Waals surface area contributed by atoms with E-state index in [9.17, 15) is 13.2 Å². The third-order valence-corrected chi connectivity index (χ3v) is 7.24. The van der Waals surface area contributed by atoms with Crippen LogP contribution in [0.2, 0.25) is 0 Å². The average molecular weight is 353 g/mol. The summed E-state index contributed by atoms with van der Waals surface area (Å²) < 4.78 is 27.9. The number of rotatable bonds is 4. The molecule has 1 aliphatic rings. The van der Waals surface area contributed by atoms with Crippen molar-refractivity contribution in [1.82, 2.24) is 9.62 Å². The average Bonchev–Trinajstić information content (AvgIpc) is 2.53. The van der Waals surface area contributed by atoms with E-state index in [2.05, 4.69) is 5.32 Å². The fourth-order valence-corrected chi connectivity index (χ4v) is 5.42. The Balaban J connectivity index is 2.26. The van der Waals surface area contributed by atoms with Crippen LogP contribution in [-0.4, -0.2) is 38.3 Å². The quantitative estimate of drug-likeness (QED) is 0.905. The molecule has 1 aliphatic heterocycles. The van der Waals surface area contributed by atoms with Gasteiger partial charge in [0.15, 0.2) is 0 Å². The Morgan fingerprint density at radius 2 is 1.62 bits per heavy atom. The summed E-state index contributed by atoms with van der Waals surface area (Å²) >= 11 is 0. The highest BCUT2D eigenvalue weighted by Gasteiger charge is 2.34. The van der Waals surface area contributed by atoms with Crippen LogP contribution in [-0.2, 0) is 14.8 Å². The molecule has 1 amide bonds. The zero-order valence-corrected chi connectivity index (χ0v) is 16.1. The molecule has 1 N–H and O–H groups in total. The normalized spacial score (nSPS) is 17.0. The van der Waals surface area contributed by atoms with Crippen molar-refractivity contribution in [3.05, 3.63) is 28.3 Å². The number of amides is 1. The van der Waals surface area contributed by atoms with Crippen LogP contribution in [0.3, 0.4) is 0 Å². The lowest BCUT2D eigenvalue weighted by molar-refractivity contribution is -0.126. The van der Waals surface area contributed by atoms with E-state index < -0.39 is 10.0 Å². The second-order valence-corrected chi connectivity index (χ2v) is 8.54. The predicted octanol–water partition coefficient (Wildman–Crippen LogP) is 2.46. The molecule has 0 bridgehead atoms. The van der Waals surface area contributed by atoms with Gasteiger partial charge < -0.3 is 5.32 Å². The Kier molecular flexibility index (Phi) is 5.71. The van der Waals surface area contributed by atoms with Crippen LogP contribution >= 0.6 is 0 Å². The number of piperidine rings is 1. The van der Waals surface area contributed by atoms with Gasteiger partial charge in [-0.05, 0) is 69.7 Å². The fraction of sp³-hybridized carbons (Fsp3) is 0.611. The summed E-state index contributed by atoms with van der Waals surface area (Å²) in [6, 6.07) is 2.03. The van der Waals surface area contributed by atoms with E-state index in [1.807, 2.05) is 40.7 Å². The van der Waals surface area contributed by atoms with Gasteiger partial charge in [-0.25, -0.2) is 8.42 Å². The van der Waals surface area contributed by atoms with Crippen LogP contribution in [0.25, 0.3) is 0 Å². The Labute approximate surface area is 145 Å². The van der Waals surface area contributed by atoms with E-state index in [1.165, 1.54) is 4.31 Å².